The smallest absolute Gasteiger partial charge is 0.238 e. The summed E-state index contributed by atoms with van der Waals surface area (Å²) in [6.07, 6.45) is 3.55. The molecular weight excluding hydrogens is 178 g/mol. The molecule has 4 heteroatoms. The van der Waals surface area contributed by atoms with E-state index in [1.165, 1.54) is 12.8 Å². The highest BCUT2D eigenvalue weighted by Crippen LogP contribution is 2.41. The van der Waals surface area contributed by atoms with Crippen molar-refractivity contribution in [1.82, 2.24) is 10.2 Å². The Morgan fingerprint density at radius 3 is 3.00 bits per heavy atom. The molecule has 1 aliphatic carbocycles. The van der Waals surface area contributed by atoms with Crippen LogP contribution in [0.2, 0.25) is 0 Å². The molecule has 2 bridgehead atoms. The lowest BCUT2D eigenvalue weighted by atomic mass is 9.98. The maximum Gasteiger partial charge on any atom is 0.238 e. The molecule has 14 heavy (non-hydrogen) atoms. The minimum atomic E-state index is 0.0158. The van der Waals surface area contributed by atoms with Gasteiger partial charge in [0.25, 0.3) is 0 Å². The zero-order valence-electron chi connectivity index (χ0n) is 8.36. The summed E-state index contributed by atoms with van der Waals surface area (Å²) in [6.45, 7) is 0.126. The minimum Gasteiger partial charge on any atom is -0.342 e. The quantitative estimate of drug-likeness (QED) is 0.633. The first-order valence-electron chi connectivity index (χ1n) is 5.10. The third-order valence-corrected chi connectivity index (χ3v) is 3.52. The number of nitriles is 1. The molecule has 4 nitrogen and oxygen atoms in total. The molecule has 2 fully saturated rings. The van der Waals surface area contributed by atoms with Crippen LogP contribution in [0, 0.1) is 17.2 Å². The van der Waals surface area contributed by atoms with Crippen LogP contribution in [0.25, 0.3) is 0 Å². The Hall–Kier alpha value is -1.08. The van der Waals surface area contributed by atoms with Gasteiger partial charge >= 0.3 is 0 Å². The van der Waals surface area contributed by atoms with E-state index in [1.807, 2.05) is 13.1 Å². The lowest BCUT2D eigenvalue weighted by Crippen LogP contribution is -2.48. The number of rotatable bonds is 2. The van der Waals surface area contributed by atoms with Crippen LogP contribution >= 0.6 is 0 Å². The second-order valence-corrected chi connectivity index (χ2v) is 4.21. The largest absolute Gasteiger partial charge is 0.342 e. The van der Waals surface area contributed by atoms with Crippen molar-refractivity contribution in [2.45, 2.75) is 31.3 Å². The molecule has 0 aromatic heterocycles. The number of nitrogens with one attached hydrogen (secondary N) is 1. The van der Waals surface area contributed by atoms with Gasteiger partial charge in [0.1, 0.15) is 6.54 Å². The highest BCUT2D eigenvalue weighted by atomic mass is 16.2. The van der Waals surface area contributed by atoms with Crippen molar-refractivity contribution in [3.05, 3.63) is 0 Å². The van der Waals surface area contributed by atoms with Gasteiger partial charge in [0.15, 0.2) is 0 Å². The summed E-state index contributed by atoms with van der Waals surface area (Å²) in [5.74, 6) is 0.546. The van der Waals surface area contributed by atoms with Crippen LogP contribution in [-0.2, 0) is 4.79 Å². The Morgan fingerprint density at radius 1 is 1.64 bits per heavy atom. The second-order valence-electron chi connectivity index (χ2n) is 4.21. The zero-order chi connectivity index (χ0) is 10.1. The summed E-state index contributed by atoms with van der Waals surface area (Å²) < 4.78 is 0. The van der Waals surface area contributed by atoms with E-state index >= 15 is 0 Å². The normalized spacial score (nSPS) is 35.6. The van der Waals surface area contributed by atoms with Gasteiger partial charge in [-0.25, -0.2) is 0 Å². The van der Waals surface area contributed by atoms with Gasteiger partial charge in [-0.2, -0.15) is 5.26 Å². The minimum absolute atomic E-state index is 0.0158. The van der Waals surface area contributed by atoms with Crippen molar-refractivity contribution in [2.75, 3.05) is 13.6 Å². The predicted octanol–water partition coefficient (Wildman–Crippen LogP) is 0.109. The molecule has 3 atom stereocenters. The predicted molar refractivity (Wildman–Crippen MR) is 51.3 cm³/mol. The second kappa shape index (κ2) is 3.58. The van der Waals surface area contributed by atoms with Crippen LogP contribution in [0.5, 0.6) is 0 Å². The molecule has 2 aliphatic rings. The number of amides is 1. The molecule has 3 unspecified atom stereocenters. The number of nitrogens with zero attached hydrogens (tertiary/aromatic N) is 2. The molecule has 2 rings (SSSR count). The number of piperidine rings is 1. The fourth-order valence-corrected chi connectivity index (χ4v) is 2.84. The first-order chi connectivity index (χ1) is 6.74. The number of hydrogen-bond acceptors (Lipinski definition) is 3. The van der Waals surface area contributed by atoms with E-state index in [9.17, 15) is 4.79 Å². The average Bonchev–Trinajstić information content (AvgIpc) is 2.74. The summed E-state index contributed by atoms with van der Waals surface area (Å²) >= 11 is 0. The first-order valence-corrected chi connectivity index (χ1v) is 5.10. The topological polar surface area (TPSA) is 56.1 Å². The molecule has 1 saturated heterocycles. The number of hydrogen-bond donors (Lipinski definition) is 1. The monoisotopic (exact) mass is 193 g/mol. The molecule has 0 radical (unpaired) electrons. The molecule has 1 heterocycles. The maximum atomic E-state index is 11.7. The lowest BCUT2D eigenvalue weighted by molar-refractivity contribution is -0.127. The van der Waals surface area contributed by atoms with Gasteiger partial charge < -0.3 is 5.32 Å². The van der Waals surface area contributed by atoms with Crippen molar-refractivity contribution in [2.24, 2.45) is 5.92 Å². The number of carbonyl (C=O) groups excluding carboxylic acids is 1. The molecule has 76 valence electrons. The van der Waals surface area contributed by atoms with E-state index in [0.29, 0.717) is 12.0 Å². The Labute approximate surface area is 83.9 Å². The number of fused-ring (bicyclic) bond motifs is 2. The van der Waals surface area contributed by atoms with Gasteiger partial charge in [-0.15, -0.1) is 0 Å². The average molecular weight is 193 g/mol. The fourth-order valence-electron chi connectivity index (χ4n) is 2.84. The summed E-state index contributed by atoms with van der Waals surface area (Å²) in [7, 11) is 2.01. The van der Waals surface area contributed by atoms with E-state index < -0.39 is 0 Å². The van der Waals surface area contributed by atoms with Crippen molar-refractivity contribution in [3.63, 3.8) is 0 Å². The van der Waals surface area contributed by atoms with Crippen molar-refractivity contribution in [3.8, 4) is 6.07 Å². The highest BCUT2D eigenvalue weighted by molar-refractivity contribution is 5.82. The van der Waals surface area contributed by atoms with Crippen LogP contribution in [-0.4, -0.2) is 36.5 Å². The van der Waals surface area contributed by atoms with Crippen LogP contribution in [0.15, 0.2) is 0 Å². The number of likely N-dealkylation sites (N-methyl/N-ethyl adjacent to an activating group) is 1. The van der Waals surface area contributed by atoms with Crippen molar-refractivity contribution in [1.29, 1.82) is 5.26 Å². The standard InChI is InChI=1S/C10H15N3O/c1-13-8-3-2-7(6-8)9(13)10(14)12-5-4-11/h7-9H,2-3,5-6H2,1H3,(H,12,14). The maximum absolute atomic E-state index is 11.7. The molecule has 1 amide bonds. The van der Waals surface area contributed by atoms with Crippen LogP contribution in [0.4, 0.5) is 0 Å². The molecule has 1 N–H and O–H groups in total. The van der Waals surface area contributed by atoms with Crippen LogP contribution < -0.4 is 5.32 Å². The van der Waals surface area contributed by atoms with Crippen molar-refractivity contribution < 1.29 is 4.79 Å². The zero-order valence-corrected chi connectivity index (χ0v) is 8.36. The Morgan fingerprint density at radius 2 is 2.43 bits per heavy atom. The van der Waals surface area contributed by atoms with E-state index in [2.05, 4.69) is 10.2 Å². The van der Waals surface area contributed by atoms with E-state index in [1.54, 1.807) is 0 Å². The van der Waals surface area contributed by atoms with E-state index in [4.69, 9.17) is 5.26 Å². The van der Waals surface area contributed by atoms with E-state index in [-0.39, 0.29) is 18.5 Å². The number of likely N-dealkylation sites (tertiary alicyclic amines) is 1. The molecule has 0 aromatic rings. The summed E-state index contributed by atoms with van der Waals surface area (Å²) in [6, 6.07) is 2.54. The molecule has 0 aromatic carbocycles. The van der Waals surface area contributed by atoms with Gasteiger partial charge in [-0.05, 0) is 32.2 Å². The van der Waals surface area contributed by atoms with Crippen LogP contribution in [0.1, 0.15) is 19.3 Å². The summed E-state index contributed by atoms with van der Waals surface area (Å²) in [4.78, 5) is 13.9. The molecule has 1 saturated carbocycles. The Balaban J connectivity index is 1.98. The van der Waals surface area contributed by atoms with Gasteiger partial charge in [-0.1, -0.05) is 0 Å². The summed E-state index contributed by atoms with van der Waals surface area (Å²) in [5.41, 5.74) is 0. The number of carbonyl (C=O) groups is 1. The van der Waals surface area contributed by atoms with Crippen molar-refractivity contribution >= 4 is 5.91 Å². The molecular formula is C10H15N3O. The summed E-state index contributed by atoms with van der Waals surface area (Å²) in [5, 5.41) is 11.0. The third-order valence-electron chi connectivity index (χ3n) is 3.52. The van der Waals surface area contributed by atoms with Gasteiger partial charge in [-0.3, -0.25) is 9.69 Å². The first kappa shape index (κ1) is 9.47. The van der Waals surface area contributed by atoms with Gasteiger partial charge in [0.2, 0.25) is 5.91 Å². The van der Waals surface area contributed by atoms with Crippen LogP contribution in [0.3, 0.4) is 0 Å². The van der Waals surface area contributed by atoms with E-state index in [0.717, 1.165) is 6.42 Å². The lowest BCUT2D eigenvalue weighted by Gasteiger charge is -2.30. The Bertz CT molecular complexity index is 282. The molecule has 0 spiro atoms. The molecule has 1 aliphatic heterocycles. The fraction of sp³-hybridized carbons (Fsp3) is 0.800. The Kier molecular flexibility index (Phi) is 2.42. The van der Waals surface area contributed by atoms with Gasteiger partial charge in [0.05, 0.1) is 12.1 Å². The highest BCUT2D eigenvalue weighted by Gasteiger charge is 2.46. The SMILES string of the molecule is CN1C2CCC(C2)C1C(=O)NCC#N. The third kappa shape index (κ3) is 1.38. The van der Waals surface area contributed by atoms with Gasteiger partial charge in [0, 0.05) is 6.04 Å².